The third-order valence-electron chi connectivity index (χ3n) is 5.82. The first-order valence-corrected chi connectivity index (χ1v) is 9.07. The molecule has 0 spiro atoms. The Morgan fingerprint density at radius 2 is 1.83 bits per heavy atom. The first-order valence-electron chi connectivity index (χ1n) is 9.07. The lowest BCUT2D eigenvalue weighted by molar-refractivity contribution is -0.136. The normalized spacial score (nSPS) is 26.5. The summed E-state index contributed by atoms with van der Waals surface area (Å²) >= 11 is 0. The highest BCUT2D eigenvalue weighted by Gasteiger charge is 2.46. The molecule has 1 aliphatic carbocycles. The molecule has 3 aliphatic rings. The highest BCUT2D eigenvalue weighted by atomic mass is 16.5. The van der Waals surface area contributed by atoms with Gasteiger partial charge < -0.3 is 10.1 Å². The van der Waals surface area contributed by atoms with E-state index in [9.17, 15) is 4.79 Å². The second-order valence-electron chi connectivity index (χ2n) is 7.16. The van der Waals surface area contributed by atoms with Gasteiger partial charge >= 0.3 is 0 Å². The average molecular weight is 314 g/mol. The van der Waals surface area contributed by atoms with Crippen LogP contribution >= 0.6 is 0 Å². The van der Waals surface area contributed by atoms with Gasteiger partial charge in [0.2, 0.25) is 5.91 Å². The molecule has 4 nitrogen and oxygen atoms in total. The molecule has 2 fully saturated rings. The van der Waals surface area contributed by atoms with E-state index in [1.165, 1.54) is 32.1 Å². The maximum Gasteiger partial charge on any atom is 0.241 e. The number of rotatable bonds is 3. The molecule has 2 aliphatic heterocycles. The summed E-state index contributed by atoms with van der Waals surface area (Å²) in [5, 5.41) is 3.32. The highest BCUT2D eigenvalue weighted by Crippen LogP contribution is 2.38. The molecule has 0 bridgehead atoms. The number of fused-ring (bicyclic) bond motifs is 1. The number of likely N-dealkylation sites (tertiary alicyclic amines) is 1. The topological polar surface area (TPSA) is 41.6 Å². The van der Waals surface area contributed by atoms with Crippen LogP contribution in [0.2, 0.25) is 0 Å². The predicted octanol–water partition coefficient (Wildman–Crippen LogP) is 3.04. The fraction of sp³-hybridized carbons (Fsp3) is 0.632. The van der Waals surface area contributed by atoms with Crippen molar-refractivity contribution < 1.29 is 9.53 Å². The zero-order valence-corrected chi connectivity index (χ0v) is 13.7. The fourth-order valence-electron chi connectivity index (χ4n) is 4.54. The van der Waals surface area contributed by atoms with E-state index in [2.05, 4.69) is 16.3 Å². The van der Waals surface area contributed by atoms with Gasteiger partial charge in [-0.3, -0.25) is 9.69 Å². The number of carbonyl (C=O) groups is 1. The number of nitrogens with zero attached hydrogens (tertiary/aromatic N) is 1. The number of para-hydroxylation sites is 1. The van der Waals surface area contributed by atoms with Crippen molar-refractivity contribution in [1.29, 1.82) is 0 Å². The second-order valence-corrected chi connectivity index (χ2v) is 7.16. The maximum absolute atomic E-state index is 13.3. The minimum atomic E-state index is -0.272. The first-order chi connectivity index (χ1) is 11.3. The first kappa shape index (κ1) is 15.0. The molecule has 1 aromatic rings. The van der Waals surface area contributed by atoms with Crippen LogP contribution < -0.4 is 10.1 Å². The van der Waals surface area contributed by atoms with Gasteiger partial charge in [0.05, 0.1) is 6.04 Å². The summed E-state index contributed by atoms with van der Waals surface area (Å²) in [7, 11) is 0. The van der Waals surface area contributed by atoms with E-state index in [1.54, 1.807) is 0 Å². The van der Waals surface area contributed by atoms with Gasteiger partial charge in [-0.25, -0.2) is 0 Å². The molecule has 1 atom stereocenters. The standard InChI is InChI=1S/C19H26N2O2/c22-18(20-16-14-23-17-9-3-2-8-15(16)17)19(10-4-1-5-11-19)21-12-6-7-13-21/h2-3,8-9,16H,1,4-7,10-14H2,(H,20,22). The van der Waals surface area contributed by atoms with E-state index < -0.39 is 0 Å². The minimum Gasteiger partial charge on any atom is -0.491 e. The van der Waals surface area contributed by atoms with E-state index in [4.69, 9.17) is 4.74 Å². The van der Waals surface area contributed by atoms with Gasteiger partial charge in [-0.05, 0) is 44.8 Å². The van der Waals surface area contributed by atoms with E-state index in [0.717, 1.165) is 37.2 Å². The quantitative estimate of drug-likeness (QED) is 0.932. The van der Waals surface area contributed by atoms with Gasteiger partial charge in [-0.1, -0.05) is 37.5 Å². The summed E-state index contributed by atoms with van der Waals surface area (Å²) in [5.41, 5.74) is 0.847. The van der Waals surface area contributed by atoms with Gasteiger partial charge in [-0.2, -0.15) is 0 Å². The van der Waals surface area contributed by atoms with E-state index >= 15 is 0 Å². The van der Waals surface area contributed by atoms with Crippen LogP contribution in [0, 0.1) is 0 Å². The van der Waals surface area contributed by atoms with Gasteiger partial charge in [0.1, 0.15) is 17.9 Å². The Morgan fingerprint density at radius 1 is 1.09 bits per heavy atom. The van der Waals surface area contributed by atoms with Crippen molar-refractivity contribution >= 4 is 5.91 Å². The van der Waals surface area contributed by atoms with E-state index in [1.807, 2.05) is 18.2 Å². The van der Waals surface area contributed by atoms with Crippen LogP contribution in [0.1, 0.15) is 56.6 Å². The van der Waals surface area contributed by atoms with Crippen LogP contribution in [-0.4, -0.2) is 36.0 Å². The van der Waals surface area contributed by atoms with Crippen molar-refractivity contribution in [3.63, 3.8) is 0 Å². The number of carbonyl (C=O) groups excluding carboxylic acids is 1. The third-order valence-corrected chi connectivity index (χ3v) is 5.82. The van der Waals surface area contributed by atoms with Crippen LogP contribution in [0.15, 0.2) is 24.3 Å². The lowest BCUT2D eigenvalue weighted by Crippen LogP contribution is -2.59. The molecule has 1 saturated carbocycles. The Morgan fingerprint density at radius 3 is 2.61 bits per heavy atom. The van der Waals surface area contributed by atoms with Crippen molar-refractivity contribution in [1.82, 2.24) is 10.2 Å². The number of benzene rings is 1. The zero-order chi connectivity index (χ0) is 15.7. The molecule has 4 heteroatoms. The molecule has 23 heavy (non-hydrogen) atoms. The van der Waals surface area contributed by atoms with Gasteiger partial charge in [0, 0.05) is 5.56 Å². The summed E-state index contributed by atoms with van der Waals surface area (Å²) in [6.07, 6.45) is 8.07. The Balaban J connectivity index is 1.54. The summed E-state index contributed by atoms with van der Waals surface area (Å²) in [6, 6.07) is 8.05. The number of amides is 1. The highest BCUT2D eigenvalue weighted by molar-refractivity contribution is 5.87. The monoisotopic (exact) mass is 314 g/mol. The molecule has 4 rings (SSSR count). The number of nitrogens with one attached hydrogen (secondary N) is 1. The van der Waals surface area contributed by atoms with Crippen molar-refractivity contribution in [2.24, 2.45) is 0 Å². The Bertz CT molecular complexity index is 574. The molecule has 2 heterocycles. The summed E-state index contributed by atoms with van der Waals surface area (Å²) in [4.78, 5) is 15.7. The third kappa shape index (κ3) is 2.63. The molecular formula is C19H26N2O2. The SMILES string of the molecule is O=C(NC1COc2ccccc21)C1(N2CCCC2)CCCCC1. The molecular weight excluding hydrogens is 288 g/mol. The predicted molar refractivity (Wildman–Crippen MR) is 89.4 cm³/mol. The summed E-state index contributed by atoms with van der Waals surface area (Å²) in [6.45, 7) is 2.71. The lowest BCUT2D eigenvalue weighted by atomic mass is 9.79. The van der Waals surface area contributed by atoms with E-state index in [0.29, 0.717) is 6.61 Å². The van der Waals surface area contributed by atoms with E-state index in [-0.39, 0.29) is 17.5 Å². The Kier molecular flexibility index (Phi) is 4.02. The molecule has 0 aromatic heterocycles. The number of hydrogen-bond acceptors (Lipinski definition) is 3. The molecule has 124 valence electrons. The van der Waals surface area contributed by atoms with Crippen molar-refractivity contribution in [3.05, 3.63) is 29.8 Å². The van der Waals surface area contributed by atoms with Crippen molar-refractivity contribution in [2.45, 2.75) is 56.5 Å². The number of hydrogen-bond donors (Lipinski definition) is 1. The van der Waals surface area contributed by atoms with Crippen molar-refractivity contribution in [3.8, 4) is 5.75 Å². The smallest absolute Gasteiger partial charge is 0.241 e. The number of ether oxygens (including phenoxy) is 1. The lowest BCUT2D eigenvalue weighted by Gasteiger charge is -2.43. The fourth-order valence-corrected chi connectivity index (χ4v) is 4.54. The maximum atomic E-state index is 13.3. The largest absolute Gasteiger partial charge is 0.491 e. The molecule has 1 aromatic carbocycles. The van der Waals surface area contributed by atoms with Gasteiger partial charge in [-0.15, -0.1) is 0 Å². The Hall–Kier alpha value is -1.55. The molecule has 1 saturated heterocycles. The van der Waals surface area contributed by atoms with Crippen LogP contribution in [-0.2, 0) is 4.79 Å². The molecule has 1 N–H and O–H groups in total. The Labute approximate surface area is 138 Å². The molecule has 1 unspecified atom stereocenters. The summed E-state index contributed by atoms with van der Waals surface area (Å²) < 4.78 is 5.73. The minimum absolute atomic E-state index is 0.0000968. The van der Waals surface area contributed by atoms with Gasteiger partial charge in [0.25, 0.3) is 0 Å². The summed E-state index contributed by atoms with van der Waals surface area (Å²) in [5.74, 6) is 1.14. The van der Waals surface area contributed by atoms with Crippen molar-refractivity contribution in [2.75, 3.05) is 19.7 Å². The average Bonchev–Trinajstić information content (AvgIpc) is 3.26. The van der Waals surface area contributed by atoms with Gasteiger partial charge in [0.15, 0.2) is 0 Å². The second kappa shape index (κ2) is 6.16. The molecule has 0 radical (unpaired) electrons. The van der Waals surface area contributed by atoms with Crippen LogP contribution in [0.4, 0.5) is 0 Å². The zero-order valence-electron chi connectivity index (χ0n) is 13.7. The van der Waals surface area contributed by atoms with Crippen LogP contribution in [0.3, 0.4) is 0 Å². The van der Waals surface area contributed by atoms with Crippen LogP contribution in [0.5, 0.6) is 5.75 Å². The molecule has 1 amide bonds. The van der Waals surface area contributed by atoms with Crippen LogP contribution in [0.25, 0.3) is 0 Å².